The van der Waals surface area contributed by atoms with E-state index < -0.39 is 78.8 Å². The van der Waals surface area contributed by atoms with Crippen molar-refractivity contribution in [2.75, 3.05) is 0 Å². The average molecular weight is 470 g/mol. The van der Waals surface area contributed by atoms with Gasteiger partial charge in [-0.3, -0.25) is 0 Å². The zero-order valence-electron chi connectivity index (χ0n) is 15.9. The van der Waals surface area contributed by atoms with E-state index in [-0.39, 0.29) is 0 Å². The summed E-state index contributed by atoms with van der Waals surface area (Å²) in [5.74, 6) is -11.1. The van der Waals surface area contributed by atoms with Crippen molar-refractivity contribution in [1.29, 1.82) is 31.6 Å². The van der Waals surface area contributed by atoms with Gasteiger partial charge in [0.25, 0.3) is 0 Å². The molecule has 0 saturated carbocycles. The van der Waals surface area contributed by atoms with Crippen molar-refractivity contribution in [2.45, 2.75) is 6.18 Å². The lowest BCUT2D eigenvalue weighted by Crippen LogP contribution is -2.27. The first-order chi connectivity index (χ1) is 15.9. The van der Waals surface area contributed by atoms with Crippen LogP contribution in [0.5, 0.6) is 0 Å². The van der Waals surface area contributed by atoms with Gasteiger partial charge in [0.2, 0.25) is 0 Å². The molecular weight excluding hydrogens is 469 g/mol. The third-order valence-corrected chi connectivity index (χ3v) is 4.32. The Morgan fingerprint density at radius 1 is 0.676 bits per heavy atom. The zero-order valence-corrected chi connectivity index (χ0v) is 15.9. The quantitative estimate of drug-likeness (QED) is 0.463. The summed E-state index contributed by atoms with van der Waals surface area (Å²) in [6.07, 6.45) is -5.87. The Balaban J connectivity index is 3.42. The Hall–Kier alpha value is -5.37. The van der Waals surface area contributed by atoms with Crippen LogP contribution in [0.15, 0.2) is 6.07 Å². The molecule has 2 rings (SSSR count). The fourth-order valence-corrected chi connectivity index (χ4v) is 2.94. The van der Waals surface area contributed by atoms with Gasteiger partial charge in [-0.15, -0.1) is 0 Å². The van der Waals surface area contributed by atoms with Gasteiger partial charge in [0.1, 0.15) is 41.5 Å². The second-order valence-corrected chi connectivity index (χ2v) is 6.02. The predicted octanol–water partition coefficient (Wildman–Crippen LogP) is 2.80. The molecule has 34 heavy (non-hydrogen) atoms. The molecule has 6 nitrogen and oxygen atoms in total. The molecule has 0 bridgehead atoms. The van der Waals surface area contributed by atoms with Crippen LogP contribution in [0.25, 0.3) is 11.1 Å². The standard InChI is InChI=1S/C21HF7N6/c22-17-15(18(23)20(25)16(19(17)24)21(26,27)28)13(7-34)14-8(2-29)1-10(9(3-30)4-31)11(5-32)12(14)6-33/h1H/b14-13-. The molecule has 0 heterocycles. The van der Waals surface area contributed by atoms with Crippen LogP contribution in [0.1, 0.15) is 27.8 Å². The van der Waals surface area contributed by atoms with E-state index in [1.54, 1.807) is 0 Å². The van der Waals surface area contributed by atoms with Gasteiger partial charge in [-0.1, -0.05) is 0 Å². The molecule has 164 valence electrons. The second-order valence-electron chi connectivity index (χ2n) is 6.02. The molecular formula is C21HF7N6. The van der Waals surface area contributed by atoms with Crippen LogP contribution >= 0.6 is 0 Å². The van der Waals surface area contributed by atoms with E-state index in [2.05, 4.69) is 0 Å². The summed E-state index contributed by atoms with van der Waals surface area (Å²) in [4.78, 5) is 0. The predicted molar refractivity (Wildman–Crippen MR) is 93.9 cm³/mol. The summed E-state index contributed by atoms with van der Waals surface area (Å²) in [7, 11) is 0. The van der Waals surface area contributed by atoms with Gasteiger partial charge in [-0.25, -0.2) is 17.6 Å². The number of rotatable bonds is 1. The number of hydrogen-bond donors (Lipinski definition) is 0. The summed E-state index contributed by atoms with van der Waals surface area (Å²) in [5, 5.41) is 54.2. The fourth-order valence-electron chi connectivity index (χ4n) is 2.94. The van der Waals surface area contributed by atoms with E-state index in [4.69, 9.17) is 10.5 Å². The highest BCUT2D eigenvalue weighted by Gasteiger charge is 2.43. The van der Waals surface area contributed by atoms with Crippen LogP contribution < -0.4 is 10.4 Å². The van der Waals surface area contributed by atoms with Crippen LogP contribution in [0.4, 0.5) is 30.7 Å². The van der Waals surface area contributed by atoms with E-state index >= 15 is 0 Å². The molecule has 0 radical (unpaired) electrons. The Morgan fingerprint density at radius 3 is 1.53 bits per heavy atom. The van der Waals surface area contributed by atoms with Crippen LogP contribution in [0, 0.1) is 91.3 Å². The maximum Gasteiger partial charge on any atom is 0.422 e. The SMILES string of the molecule is N#CC(C#N)=c1cc(C#N)/c(=C(\C#N)c2c(F)c(F)c(C(F)(F)F)c(F)c2F)c(C#N)c1C#N. The van der Waals surface area contributed by atoms with Gasteiger partial charge in [0, 0.05) is 10.4 Å². The van der Waals surface area contributed by atoms with E-state index in [9.17, 15) is 51.8 Å². The third-order valence-electron chi connectivity index (χ3n) is 4.32. The number of nitriles is 6. The lowest BCUT2D eigenvalue weighted by Gasteiger charge is -2.14. The van der Waals surface area contributed by atoms with Crippen molar-refractivity contribution < 1.29 is 30.7 Å². The molecule has 2 aromatic carbocycles. The molecule has 0 N–H and O–H groups in total. The molecule has 13 heteroatoms. The van der Waals surface area contributed by atoms with Gasteiger partial charge < -0.3 is 0 Å². The maximum absolute atomic E-state index is 14.6. The molecule has 0 aromatic heterocycles. The van der Waals surface area contributed by atoms with Crippen molar-refractivity contribution >= 4 is 11.1 Å². The highest BCUT2D eigenvalue weighted by molar-refractivity contribution is 5.82. The largest absolute Gasteiger partial charge is 0.422 e. The van der Waals surface area contributed by atoms with Gasteiger partial charge in [-0.2, -0.15) is 44.7 Å². The summed E-state index contributed by atoms with van der Waals surface area (Å²) >= 11 is 0. The topological polar surface area (TPSA) is 143 Å². The number of hydrogen-bond acceptors (Lipinski definition) is 6. The normalized spacial score (nSPS) is 11.1. The first kappa shape index (κ1) is 24.9. The monoisotopic (exact) mass is 470 g/mol. The maximum atomic E-state index is 14.6. The lowest BCUT2D eigenvalue weighted by atomic mass is 9.91. The van der Waals surface area contributed by atoms with E-state index in [1.165, 1.54) is 30.3 Å². The molecule has 0 fully saturated rings. The van der Waals surface area contributed by atoms with Crippen molar-refractivity contribution in [2.24, 2.45) is 0 Å². The summed E-state index contributed by atoms with van der Waals surface area (Å²) in [6.45, 7) is 0. The number of alkyl halides is 3. The van der Waals surface area contributed by atoms with Gasteiger partial charge >= 0.3 is 6.18 Å². The van der Waals surface area contributed by atoms with Crippen molar-refractivity contribution in [3.63, 3.8) is 0 Å². The lowest BCUT2D eigenvalue weighted by molar-refractivity contribution is -0.143. The molecule has 2 aromatic rings. The highest BCUT2D eigenvalue weighted by atomic mass is 19.4. The Morgan fingerprint density at radius 2 is 1.18 bits per heavy atom. The van der Waals surface area contributed by atoms with Crippen molar-refractivity contribution in [3.05, 3.63) is 67.6 Å². The average Bonchev–Trinajstić information content (AvgIpc) is 2.79. The highest BCUT2D eigenvalue weighted by Crippen LogP contribution is 2.38. The van der Waals surface area contributed by atoms with Crippen LogP contribution in [0.2, 0.25) is 0 Å². The smallest absolute Gasteiger partial charge is 0.203 e. The Bertz CT molecular complexity index is 1600. The molecule has 0 aliphatic heterocycles. The number of nitrogens with zero attached hydrogens (tertiary/aromatic N) is 6. The molecule has 0 saturated heterocycles. The molecule has 0 aliphatic rings. The minimum Gasteiger partial charge on any atom is -0.203 e. The molecule has 0 aliphatic carbocycles. The first-order valence-electron chi connectivity index (χ1n) is 8.24. The third kappa shape index (κ3) is 3.71. The minimum absolute atomic E-state index is 0.577. The van der Waals surface area contributed by atoms with E-state index in [1.807, 2.05) is 0 Å². The number of benzene rings is 2. The van der Waals surface area contributed by atoms with E-state index in [0.717, 1.165) is 6.07 Å². The summed E-state index contributed by atoms with van der Waals surface area (Å²) in [5.41, 5.74) is -9.84. The van der Waals surface area contributed by atoms with Crippen molar-refractivity contribution in [3.8, 4) is 36.4 Å². The molecule has 0 amide bonds. The van der Waals surface area contributed by atoms with Gasteiger partial charge in [-0.05, 0) is 6.07 Å². The fraction of sp³-hybridized carbons (Fsp3) is 0.0476. The van der Waals surface area contributed by atoms with Crippen LogP contribution in [-0.4, -0.2) is 0 Å². The zero-order chi connectivity index (χ0) is 26.0. The second kappa shape index (κ2) is 9.01. The van der Waals surface area contributed by atoms with E-state index in [0.29, 0.717) is 6.07 Å². The summed E-state index contributed by atoms with van der Waals surface area (Å²) in [6, 6.07) is 8.58. The van der Waals surface area contributed by atoms with Gasteiger partial charge in [0.05, 0.1) is 33.9 Å². The first-order valence-corrected chi connectivity index (χ1v) is 8.24. The van der Waals surface area contributed by atoms with Crippen LogP contribution in [-0.2, 0) is 6.18 Å². The minimum atomic E-state index is -5.87. The van der Waals surface area contributed by atoms with Crippen LogP contribution in [0.3, 0.4) is 0 Å². The molecule has 0 atom stereocenters. The Kier molecular flexibility index (Phi) is 6.60. The van der Waals surface area contributed by atoms with Gasteiger partial charge in [0.15, 0.2) is 23.3 Å². The number of halogens is 7. The molecule has 0 spiro atoms. The molecule has 0 unspecified atom stereocenters. The summed E-state index contributed by atoms with van der Waals surface area (Å²) < 4.78 is 95.9. The Labute approximate surface area is 184 Å². The van der Waals surface area contributed by atoms with Crippen molar-refractivity contribution in [1.82, 2.24) is 0 Å².